The summed E-state index contributed by atoms with van der Waals surface area (Å²) in [5.41, 5.74) is 14.3. The summed E-state index contributed by atoms with van der Waals surface area (Å²) in [4.78, 5) is 24.3. The van der Waals surface area contributed by atoms with E-state index in [-0.39, 0.29) is 6.61 Å². The van der Waals surface area contributed by atoms with Gasteiger partial charge >= 0.3 is 11.9 Å². The number of nitrogens with two attached hydrogens (primary N) is 2. The number of esters is 2. The summed E-state index contributed by atoms with van der Waals surface area (Å²) in [5, 5.41) is 8.53. The van der Waals surface area contributed by atoms with Gasteiger partial charge in [0.15, 0.2) is 0 Å². The fourth-order valence-electron chi connectivity index (χ4n) is 3.04. The average Bonchev–Trinajstić information content (AvgIpc) is 2.85. The Bertz CT molecular complexity index is 1210. The molecule has 0 spiro atoms. The third-order valence-electron chi connectivity index (χ3n) is 4.71. The summed E-state index contributed by atoms with van der Waals surface area (Å²) in [6.07, 6.45) is 3.98. The molecule has 8 nitrogen and oxygen atoms in total. The fraction of sp³-hybridized carbons (Fsp3) is 0.148. The highest BCUT2D eigenvalue weighted by atomic mass is 16.5. The van der Waals surface area contributed by atoms with Gasteiger partial charge < -0.3 is 25.7 Å². The molecule has 0 saturated carbocycles. The van der Waals surface area contributed by atoms with Gasteiger partial charge in [-0.15, -0.1) is 0 Å². The number of benzene rings is 3. The van der Waals surface area contributed by atoms with Crippen molar-refractivity contribution in [3.8, 4) is 17.6 Å². The smallest absolute Gasteiger partial charge is 0.343 e. The molecule has 3 aromatic carbocycles. The number of nitrogens with zero attached hydrogens (tertiary/aromatic N) is 1. The number of nitrogen functional groups attached to an aromatic ring is 2. The molecule has 0 radical (unpaired) electrons. The van der Waals surface area contributed by atoms with Crippen LogP contribution >= 0.6 is 0 Å². The molecule has 0 bridgehead atoms. The Morgan fingerprint density at radius 3 is 2.23 bits per heavy atom. The van der Waals surface area contributed by atoms with Crippen LogP contribution in [0.2, 0.25) is 0 Å². The first-order valence-electron chi connectivity index (χ1n) is 10.8. The van der Waals surface area contributed by atoms with Crippen molar-refractivity contribution in [2.75, 3.05) is 18.1 Å². The molecule has 0 atom stereocenters. The molecule has 0 fully saturated rings. The minimum atomic E-state index is -0.515. The van der Waals surface area contributed by atoms with E-state index in [4.69, 9.17) is 30.9 Å². The summed E-state index contributed by atoms with van der Waals surface area (Å²) >= 11 is 0. The predicted molar refractivity (Wildman–Crippen MR) is 132 cm³/mol. The minimum absolute atomic E-state index is 0.0571. The van der Waals surface area contributed by atoms with Crippen LogP contribution < -0.4 is 20.9 Å². The topological polar surface area (TPSA) is 138 Å². The molecule has 35 heavy (non-hydrogen) atoms. The zero-order valence-electron chi connectivity index (χ0n) is 19.0. The first-order chi connectivity index (χ1) is 16.9. The molecule has 0 saturated heterocycles. The Balaban J connectivity index is 1.47. The number of hydrogen-bond donors (Lipinski definition) is 2. The van der Waals surface area contributed by atoms with E-state index in [1.54, 1.807) is 72.8 Å². The van der Waals surface area contributed by atoms with Gasteiger partial charge in [0.2, 0.25) is 0 Å². The van der Waals surface area contributed by atoms with E-state index < -0.39 is 11.9 Å². The molecule has 0 unspecified atom stereocenters. The second-order valence-electron chi connectivity index (χ2n) is 7.54. The molecule has 0 amide bonds. The summed E-state index contributed by atoms with van der Waals surface area (Å²) in [5.74, 6) is -0.0360. The fourth-order valence-corrected chi connectivity index (χ4v) is 3.04. The Hall–Kier alpha value is -4.77. The van der Waals surface area contributed by atoms with Gasteiger partial charge in [0.05, 0.1) is 18.2 Å². The van der Waals surface area contributed by atoms with Crippen LogP contribution in [-0.4, -0.2) is 18.5 Å². The lowest BCUT2D eigenvalue weighted by Gasteiger charge is -2.07. The highest BCUT2D eigenvalue weighted by Gasteiger charge is 2.09. The third-order valence-corrected chi connectivity index (χ3v) is 4.71. The highest BCUT2D eigenvalue weighted by Crippen LogP contribution is 2.18. The first kappa shape index (κ1) is 24.9. The quantitative estimate of drug-likeness (QED) is 0.145. The number of rotatable bonds is 10. The lowest BCUT2D eigenvalue weighted by atomic mass is 10.2. The van der Waals surface area contributed by atoms with Crippen molar-refractivity contribution in [3.63, 3.8) is 0 Å². The molecule has 8 heteroatoms. The Kier molecular flexibility index (Phi) is 8.85. The van der Waals surface area contributed by atoms with E-state index in [0.29, 0.717) is 53.4 Å². The van der Waals surface area contributed by atoms with Crippen molar-refractivity contribution in [2.45, 2.75) is 19.4 Å². The van der Waals surface area contributed by atoms with Crippen LogP contribution in [0.15, 0.2) is 72.8 Å². The summed E-state index contributed by atoms with van der Waals surface area (Å²) in [7, 11) is 0. The molecule has 4 N–H and O–H groups in total. The van der Waals surface area contributed by atoms with Crippen molar-refractivity contribution < 1.29 is 23.8 Å². The maximum atomic E-state index is 12.4. The van der Waals surface area contributed by atoms with Crippen molar-refractivity contribution in [3.05, 3.63) is 89.5 Å². The van der Waals surface area contributed by atoms with Crippen LogP contribution in [0.1, 0.15) is 34.3 Å². The normalized spacial score (nSPS) is 10.5. The van der Waals surface area contributed by atoms with E-state index in [2.05, 4.69) is 6.07 Å². The average molecular weight is 472 g/mol. The largest absolute Gasteiger partial charge is 0.494 e. The number of hydrogen-bond acceptors (Lipinski definition) is 8. The van der Waals surface area contributed by atoms with E-state index in [0.717, 1.165) is 5.56 Å². The van der Waals surface area contributed by atoms with Gasteiger partial charge in [0.1, 0.15) is 18.1 Å². The summed E-state index contributed by atoms with van der Waals surface area (Å²) < 4.78 is 16.1. The molecular weight excluding hydrogens is 446 g/mol. The van der Waals surface area contributed by atoms with E-state index in [1.165, 1.54) is 6.08 Å². The Labute approximate surface area is 203 Å². The van der Waals surface area contributed by atoms with Crippen molar-refractivity contribution in [1.82, 2.24) is 0 Å². The van der Waals surface area contributed by atoms with Crippen LogP contribution in [-0.2, 0) is 16.1 Å². The van der Waals surface area contributed by atoms with E-state index >= 15 is 0 Å². The van der Waals surface area contributed by atoms with Crippen LogP contribution in [0, 0.1) is 11.3 Å². The molecule has 3 rings (SSSR count). The van der Waals surface area contributed by atoms with Gasteiger partial charge in [-0.3, -0.25) is 0 Å². The molecule has 3 aromatic rings. The standard InChI is InChI=1S/C27H25N3O5/c28-13-1-2-14-33-24-10-6-21(7-11-24)27(32)35-25-8-3-19(4-9-25)5-12-26(31)34-18-20-15-22(29)17-23(30)16-20/h3-12,15-17H,1-2,14,18,29-30H2. The van der Waals surface area contributed by atoms with Gasteiger partial charge in [-0.1, -0.05) is 12.1 Å². The maximum absolute atomic E-state index is 12.4. The second-order valence-corrected chi connectivity index (χ2v) is 7.54. The van der Waals surface area contributed by atoms with Crippen LogP contribution in [0.4, 0.5) is 11.4 Å². The van der Waals surface area contributed by atoms with E-state index in [1.807, 2.05) is 0 Å². The first-order valence-corrected chi connectivity index (χ1v) is 10.8. The molecule has 0 aromatic heterocycles. The van der Waals surface area contributed by atoms with Gasteiger partial charge in [-0.05, 0) is 78.2 Å². The summed E-state index contributed by atoms with van der Waals surface area (Å²) in [6, 6.07) is 20.3. The number of carbonyl (C=O) groups is 2. The molecule has 0 aliphatic carbocycles. The van der Waals surface area contributed by atoms with Gasteiger partial charge in [0.25, 0.3) is 0 Å². The Morgan fingerprint density at radius 2 is 1.57 bits per heavy atom. The monoisotopic (exact) mass is 471 g/mol. The lowest BCUT2D eigenvalue weighted by molar-refractivity contribution is -0.138. The van der Waals surface area contributed by atoms with Crippen molar-refractivity contribution in [1.29, 1.82) is 5.26 Å². The highest BCUT2D eigenvalue weighted by molar-refractivity contribution is 5.91. The van der Waals surface area contributed by atoms with Crippen molar-refractivity contribution >= 4 is 29.4 Å². The van der Waals surface area contributed by atoms with Crippen LogP contribution in [0.25, 0.3) is 6.08 Å². The molecule has 0 aliphatic rings. The summed E-state index contributed by atoms with van der Waals surface area (Å²) in [6.45, 7) is 0.495. The SMILES string of the molecule is N#CCCCOc1ccc(C(=O)Oc2ccc(C=CC(=O)OCc3cc(N)cc(N)c3)cc2)cc1. The van der Waals surface area contributed by atoms with Crippen molar-refractivity contribution in [2.24, 2.45) is 0 Å². The minimum Gasteiger partial charge on any atom is -0.494 e. The number of anilines is 2. The number of nitriles is 1. The number of carbonyl (C=O) groups excluding carboxylic acids is 2. The number of unbranched alkanes of at least 4 members (excludes halogenated alkanes) is 1. The Morgan fingerprint density at radius 1 is 0.914 bits per heavy atom. The van der Waals surface area contributed by atoms with Gasteiger partial charge in [-0.2, -0.15) is 5.26 Å². The molecule has 0 aliphatic heterocycles. The number of ether oxygens (including phenoxy) is 3. The van der Waals surface area contributed by atoms with Crippen LogP contribution in [0.5, 0.6) is 11.5 Å². The third kappa shape index (κ3) is 8.26. The lowest BCUT2D eigenvalue weighted by Crippen LogP contribution is -2.08. The molecular formula is C27H25N3O5. The molecule has 0 heterocycles. The van der Waals surface area contributed by atoms with Gasteiger partial charge in [-0.25, -0.2) is 9.59 Å². The second kappa shape index (κ2) is 12.5. The zero-order valence-corrected chi connectivity index (χ0v) is 19.0. The zero-order chi connectivity index (χ0) is 25.0. The van der Waals surface area contributed by atoms with E-state index in [9.17, 15) is 9.59 Å². The van der Waals surface area contributed by atoms with Crippen LogP contribution in [0.3, 0.4) is 0 Å². The molecule has 178 valence electrons. The predicted octanol–water partition coefficient (Wildman–Crippen LogP) is 4.51. The van der Waals surface area contributed by atoms with Gasteiger partial charge in [0, 0.05) is 23.9 Å². The maximum Gasteiger partial charge on any atom is 0.343 e.